The minimum absolute atomic E-state index is 0.211. The van der Waals surface area contributed by atoms with Gasteiger partial charge in [-0.15, -0.1) is 0 Å². The summed E-state index contributed by atoms with van der Waals surface area (Å²) in [7, 11) is -3.45. The topological polar surface area (TPSA) is 79.9 Å². The summed E-state index contributed by atoms with van der Waals surface area (Å²) in [6.45, 7) is 0. The van der Waals surface area contributed by atoms with Gasteiger partial charge in [0, 0.05) is 33.4 Å². The molecule has 3 rings (SSSR count). The molecule has 0 aliphatic carbocycles. The van der Waals surface area contributed by atoms with Gasteiger partial charge in [-0.05, 0) is 40.2 Å². The van der Waals surface area contributed by atoms with Crippen molar-refractivity contribution in [1.82, 2.24) is 9.97 Å². The molecule has 0 amide bonds. The van der Waals surface area contributed by atoms with Crippen molar-refractivity contribution in [2.24, 2.45) is 0 Å². The number of nitrogens with zero attached hydrogens (tertiary/aromatic N) is 1. The Bertz CT molecular complexity index is 1050. The first kappa shape index (κ1) is 17.1. The van der Waals surface area contributed by atoms with E-state index in [1.54, 1.807) is 36.5 Å². The van der Waals surface area contributed by atoms with E-state index in [0.717, 1.165) is 6.26 Å². The minimum Gasteiger partial charge on any atom is -0.351 e. The molecule has 1 aromatic carbocycles. The zero-order valence-corrected chi connectivity index (χ0v) is 15.7. The molecule has 0 aliphatic heterocycles. The molecule has 0 aliphatic rings. The van der Waals surface area contributed by atoms with E-state index in [1.165, 1.54) is 0 Å². The van der Waals surface area contributed by atoms with E-state index in [2.05, 4.69) is 25.9 Å². The minimum atomic E-state index is -3.45. The monoisotopic (exact) mass is 426 g/mol. The number of aromatic amines is 1. The Morgan fingerprint density at radius 1 is 1.33 bits per heavy atom. The van der Waals surface area contributed by atoms with Crippen molar-refractivity contribution in [3.05, 3.63) is 51.7 Å². The average molecular weight is 428 g/mol. The van der Waals surface area contributed by atoms with Crippen molar-refractivity contribution >= 4 is 54.1 Å². The van der Waals surface area contributed by atoms with Gasteiger partial charge in [0.25, 0.3) is 0 Å². The number of fused-ring (bicyclic) bond motifs is 1. The van der Waals surface area contributed by atoms with E-state index in [0.29, 0.717) is 31.7 Å². The van der Waals surface area contributed by atoms with Crippen molar-refractivity contribution in [2.45, 2.75) is 0 Å². The summed E-state index contributed by atoms with van der Waals surface area (Å²) < 4.78 is 23.7. The molecular weight excluding hydrogens is 416 g/mol. The molecule has 0 saturated heterocycles. The van der Waals surface area contributed by atoms with E-state index >= 15 is 0 Å². The molecule has 3 aromatic rings. The Kier molecular flexibility index (Phi) is 4.50. The number of hydrogen-bond acceptors (Lipinski definition) is 4. The Labute approximate surface area is 152 Å². The van der Waals surface area contributed by atoms with Gasteiger partial charge < -0.3 is 4.98 Å². The number of Topliss-reactive ketones (excluding diaryl/α,β-unsaturated/α-hetero) is 1. The molecule has 0 fully saturated rings. The number of hydrogen-bond donors (Lipinski definition) is 1. The summed E-state index contributed by atoms with van der Waals surface area (Å²) in [5.74, 6) is -1.09. The predicted molar refractivity (Wildman–Crippen MR) is 98.3 cm³/mol. The number of nitrogens with one attached hydrogen (secondary N) is 1. The molecule has 0 atom stereocenters. The third kappa shape index (κ3) is 3.38. The second-order valence-electron chi connectivity index (χ2n) is 5.40. The third-order valence-corrected chi connectivity index (χ3v) is 5.42. The van der Waals surface area contributed by atoms with E-state index in [-0.39, 0.29) is 5.69 Å². The summed E-state index contributed by atoms with van der Waals surface area (Å²) in [4.78, 5) is 19.8. The van der Waals surface area contributed by atoms with E-state index < -0.39 is 21.4 Å². The second kappa shape index (κ2) is 6.31. The highest BCUT2D eigenvalue weighted by Crippen LogP contribution is 2.36. The molecule has 8 heteroatoms. The number of carbonyl (C=O) groups excluding carboxylic acids is 1. The maximum absolute atomic E-state index is 12.5. The number of pyridine rings is 1. The number of H-pyrrole nitrogens is 1. The van der Waals surface area contributed by atoms with E-state index in [4.69, 9.17) is 11.6 Å². The van der Waals surface area contributed by atoms with Gasteiger partial charge in [-0.3, -0.25) is 9.78 Å². The molecule has 2 aromatic heterocycles. The average Bonchev–Trinajstić information content (AvgIpc) is 2.85. The van der Waals surface area contributed by atoms with Crippen LogP contribution in [-0.2, 0) is 9.84 Å². The first-order valence-corrected chi connectivity index (χ1v) is 10.1. The third-order valence-electron chi connectivity index (χ3n) is 3.43. The molecule has 0 bridgehead atoms. The summed E-state index contributed by atoms with van der Waals surface area (Å²) in [5.41, 5.74) is 2.00. The molecule has 24 heavy (non-hydrogen) atoms. The predicted octanol–water partition coefficient (Wildman–Crippen LogP) is 3.87. The lowest BCUT2D eigenvalue weighted by Crippen LogP contribution is -2.15. The van der Waals surface area contributed by atoms with Crippen molar-refractivity contribution in [1.29, 1.82) is 0 Å². The molecule has 0 saturated carbocycles. The standard InChI is InChI=1S/C16H12BrClN2O3S/c1-24(22,23)8-14(21)16-15(12-4-2-3-5-19-12)9-6-11(18)10(17)7-13(9)20-16/h2-7,20H,8H2,1H3. The number of sulfone groups is 1. The SMILES string of the molecule is CS(=O)(=O)CC(=O)c1[nH]c2cc(Br)c(Cl)cc2c1-c1ccccn1. The van der Waals surface area contributed by atoms with Gasteiger partial charge in [-0.1, -0.05) is 17.7 Å². The Morgan fingerprint density at radius 2 is 2.08 bits per heavy atom. The van der Waals surface area contributed by atoms with Gasteiger partial charge in [0.05, 0.1) is 16.4 Å². The van der Waals surface area contributed by atoms with Crippen LogP contribution in [0.2, 0.25) is 5.02 Å². The van der Waals surface area contributed by atoms with Gasteiger partial charge in [0.1, 0.15) is 5.75 Å². The highest BCUT2D eigenvalue weighted by atomic mass is 79.9. The lowest BCUT2D eigenvalue weighted by atomic mass is 10.1. The molecule has 0 radical (unpaired) electrons. The lowest BCUT2D eigenvalue weighted by Gasteiger charge is -2.04. The van der Waals surface area contributed by atoms with Gasteiger partial charge in [-0.25, -0.2) is 8.42 Å². The molecule has 0 spiro atoms. The van der Waals surface area contributed by atoms with Gasteiger partial charge in [0.2, 0.25) is 0 Å². The van der Waals surface area contributed by atoms with Gasteiger partial charge in [0.15, 0.2) is 15.6 Å². The smallest absolute Gasteiger partial charge is 0.194 e. The van der Waals surface area contributed by atoms with Gasteiger partial charge >= 0.3 is 0 Å². The van der Waals surface area contributed by atoms with Crippen LogP contribution in [0.1, 0.15) is 10.5 Å². The van der Waals surface area contributed by atoms with Crippen molar-refractivity contribution < 1.29 is 13.2 Å². The van der Waals surface area contributed by atoms with Crippen LogP contribution >= 0.6 is 27.5 Å². The summed E-state index contributed by atoms with van der Waals surface area (Å²) >= 11 is 9.52. The largest absolute Gasteiger partial charge is 0.351 e. The lowest BCUT2D eigenvalue weighted by molar-refractivity contribution is 0.101. The maximum Gasteiger partial charge on any atom is 0.194 e. The number of rotatable bonds is 4. The zero-order chi connectivity index (χ0) is 17.5. The van der Waals surface area contributed by atoms with Crippen LogP contribution in [0.4, 0.5) is 0 Å². The fourth-order valence-electron chi connectivity index (χ4n) is 2.49. The number of halogens is 2. The highest BCUT2D eigenvalue weighted by molar-refractivity contribution is 9.10. The Balaban J connectivity index is 2.30. The zero-order valence-electron chi connectivity index (χ0n) is 12.5. The van der Waals surface area contributed by atoms with Gasteiger partial charge in [-0.2, -0.15) is 0 Å². The summed E-state index contributed by atoms with van der Waals surface area (Å²) in [6, 6.07) is 8.79. The van der Waals surface area contributed by atoms with E-state index in [9.17, 15) is 13.2 Å². The Hall–Kier alpha value is -1.70. The maximum atomic E-state index is 12.5. The summed E-state index contributed by atoms with van der Waals surface area (Å²) in [5, 5.41) is 1.19. The van der Waals surface area contributed by atoms with Crippen LogP contribution in [0, 0.1) is 0 Å². The normalized spacial score (nSPS) is 11.8. The molecule has 2 heterocycles. The number of ketones is 1. The molecule has 1 N–H and O–H groups in total. The van der Waals surface area contributed by atoms with Crippen LogP contribution in [0.25, 0.3) is 22.2 Å². The first-order chi connectivity index (χ1) is 11.3. The molecule has 124 valence electrons. The summed E-state index contributed by atoms with van der Waals surface area (Å²) in [6.07, 6.45) is 2.64. The molecular formula is C16H12BrClN2O3S. The highest BCUT2D eigenvalue weighted by Gasteiger charge is 2.23. The number of carbonyl (C=O) groups is 1. The first-order valence-electron chi connectivity index (χ1n) is 6.89. The molecule has 5 nitrogen and oxygen atoms in total. The quantitative estimate of drug-likeness (QED) is 0.641. The van der Waals surface area contributed by atoms with Crippen molar-refractivity contribution in [3.8, 4) is 11.3 Å². The number of aromatic nitrogens is 2. The van der Waals surface area contributed by atoms with Crippen molar-refractivity contribution in [3.63, 3.8) is 0 Å². The molecule has 0 unspecified atom stereocenters. The fraction of sp³-hybridized carbons (Fsp3) is 0.125. The van der Waals surface area contributed by atoms with Crippen LogP contribution in [-0.4, -0.2) is 36.2 Å². The second-order valence-corrected chi connectivity index (χ2v) is 8.80. The number of benzene rings is 1. The fourth-order valence-corrected chi connectivity index (χ4v) is 3.61. The van der Waals surface area contributed by atoms with Crippen LogP contribution in [0.5, 0.6) is 0 Å². The Morgan fingerprint density at radius 3 is 2.71 bits per heavy atom. The van der Waals surface area contributed by atoms with Crippen LogP contribution in [0.3, 0.4) is 0 Å². The van der Waals surface area contributed by atoms with Crippen LogP contribution in [0.15, 0.2) is 41.0 Å². The van der Waals surface area contributed by atoms with Crippen molar-refractivity contribution in [2.75, 3.05) is 12.0 Å². The van der Waals surface area contributed by atoms with E-state index in [1.807, 2.05) is 0 Å². The van der Waals surface area contributed by atoms with Crippen LogP contribution < -0.4 is 0 Å².